The Morgan fingerprint density at radius 2 is 2.29 bits per heavy atom. The van der Waals surface area contributed by atoms with Crippen LogP contribution >= 0.6 is 0 Å². The van der Waals surface area contributed by atoms with E-state index in [-0.39, 0.29) is 0 Å². The number of ether oxygens (including phenoxy) is 1. The molecule has 0 amide bonds. The summed E-state index contributed by atoms with van der Waals surface area (Å²) in [6.45, 7) is -0.413. The summed E-state index contributed by atoms with van der Waals surface area (Å²) < 4.78 is 5.01. The number of carbonyl (C=O) groups is 1. The molecule has 90 valence electrons. The van der Waals surface area contributed by atoms with Gasteiger partial charge in [0.25, 0.3) is 0 Å². The Morgan fingerprint density at radius 1 is 1.59 bits per heavy atom. The van der Waals surface area contributed by atoms with Crippen molar-refractivity contribution in [2.45, 2.75) is 6.54 Å². The van der Waals surface area contributed by atoms with Gasteiger partial charge in [-0.25, -0.2) is 4.79 Å². The topological polar surface area (TPSA) is 89.7 Å². The molecule has 0 saturated heterocycles. The van der Waals surface area contributed by atoms with Crippen LogP contribution in [0.1, 0.15) is 11.1 Å². The summed E-state index contributed by atoms with van der Waals surface area (Å²) in [5.74, 6) is -0.742. The lowest BCUT2D eigenvalue weighted by atomic mass is 10.1. The van der Waals surface area contributed by atoms with Gasteiger partial charge in [0.1, 0.15) is 5.75 Å². The van der Waals surface area contributed by atoms with Crippen LogP contribution in [0.15, 0.2) is 24.3 Å². The van der Waals surface area contributed by atoms with E-state index in [1.54, 1.807) is 18.2 Å². The van der Waals surface area contributed by atoms with Gasteiger partial charge < -0.3 is 9.84 Å². The average Bonchev–Trinajstić information content (AvgIpc) is 2.26. The maximum atomic E-state index is 10.5. The lowest BCUT2D eigenvalue weighted by Gasteiger charge is -2.07. The summed E-state index contributed by atoms with van der Waals surface area (Å²) in [7, 11) is 1.41. The van der Waals surface area contributed by atoms with Crippen molar-refractivity contribution < 1.29 is 19.6 Å². The van der Waals surface area contributed by atoms with Gasteiger partial charge in [-0.1, -0.05) is 12.1 Å². The Bertz CT molecular complexity index is 467. The van der Waals surface area contributed by atoms with Gasteiger partial charge in [-0.05, 0) is 17.7 Å². The number of rotatable bonds is 5. The molecule has 1 N–H and O–H groups in total. The Balaban J connectivity index is 3.18. The van der Waals surface area contributed by atoms with Crippen LogP contribution in [0, 0.1) is 10.1 Å². The minimum absolute atomic E-state index is 0.359. The quantitative estimate of drug-likeness (QED) is 0.477. The molecule has 0 spiro atoms. The average molecular weight is 237 g/mol. The molecule has 1 aromatic rings. The second kappa shape index (κ2) is 5.64. The fourth-order valence-corrected chi connectivity index (χ4v) is 1.39. The molecular formula is C11H11NO5. The molecule has 0 saturated carbocycles. The molecule has 6 heteroatoms. The molecule has 17 heavy (non-hydrogen) atoms. The molecule has 0 heterocycles. The van der Waals surface area contributed by atoms with E-state index in [2.05, 4.69) is 0 Å². The van der Waals surface area contributed by atoms with Crippen molar-refractivity contribution in [1.29, 1.82) is 0 Å². The van der Waals surface area contributed by atoms with Gasteiger partial charge in [0.05, 0.1) is 12.7 Å². The van der Waals surface area contributed by atoms with Crippen molar-refractivity contribution in [1.82, 2.24) is 0 Å². The van der Waals surface area contributed by atoms with E-state index in [0.29, 0.717) is 16.9 Å². The van der Waals surface area contributed by atoms with Crippen molar-refractivity contribution in [3.63, 3.8) is 0 Å². The van der Waals surface area contributed by atoms with Crippen LogP contribution < -0.4 is 4.74 Å². The number of nitrogens with zero attached hydrogens (tertiary/aromatic N) is 1. The number of carboxylic acid groups (broad SMARTS) is 1. The minimum atomic E-state index is -1.11. The zero-order valence-electron chi connectivity index (χ0n) is 9.12. The summed E-state index contributed by atoms with van der Waals surface area (Å²) in [5.41, 5.74) is 0.820. The molecule has 0 aliphatic carbocycles. The van der Waals surface area contributed by atoms with Gasteiger partial charge in [-0.3, -0.25) is 10.1 Å². The summed E-state index contributed by atoms with van der Waals surface area (Å²) in [6, 6.07) is 4.83. The number of benzene rings is 1. The molecule has 0 fully saturated rings. The van der Waals surface area contributed by atoms with Crippen molar-refractivity contribution in [2.24, 2.45) is 0 Å². The van der Waals surface area contributed by atoms with Crippen molar-refractivity contribution in [2.75, 3.05) is 7.11 Å². The molecule has 6 nitrogen and oxygen atoms in total. The molecule has 0 atom stereocenters. The van der Waals surface area contributed by atoms with E-state index < -0.39 is 17.4 Å². The first-order chi connectivity index (χ1) is 8.04. The molecule has 1 rings (SSSR count). The number of nitro groups is 1. The lowest BCUT2D eigenvalue weighted by Crippen LogP contribution is -2.03. The van der Waals surface area contributed by atoms with Gasteiger partial charge in [0, 0.05) is 11.0 Å². The minimum Gasteiger partial charge on any atom is -0.496 e. The van der Waals surface area contributed by atoms with Gasteiger partial charge in [0.15, 0.2) is 0 Å². The largest absolute Gasteiger partial charge is 0.496 e. The lowest BCUT2D eigenvalue weighted by molar-refractivity contribution is -0.496. The third kappa shape index (κ3) is 3.60. The zero-order valence-corrected chi connectivity index (χ0v) is 9.12. The highest BCUT2D eigenvalue weighted by atomic mass is 16.6. The number of hydrogen-bond acceptors (Lipinski definition) is 4. The molecule has 0 aromatic heterocycles. The van der Waals surface area contributed by atoms with E-state index in [9.17, 15) is 14.9 Å². The fraction of sp³-hybridized carbons (Fsp3) is 0.182. The van der Waals surface area contributed by atoms with Crippen molar-refractivity contribution in [3.8, 4) is 5.75 Å². The van der Waals surface area contributed by atoms with Gasteiger partial charge in [-0.2, -0.15) is 0 Å². The Kier molecular flexibility index (Phi) is 4.21. The van der Waals surface area contributed by atoms with Crippen LogP contribution in [0.4, 0.5) is 0 Å². The van der Waals surface area contributed by atoms with E-state index in [0.717, 1.165) is 6.08 Å². The first-order valence-electron chi connectivity index (χ1n) is 4.73. The van der Waals surface area contributed by atoms with Gasteiger partial charge >= 0.3 is 5.97 Å². The second-order valence-electron chi connectivity index (χ2n) is 3.19. The van der Waals surface area contributed by atoms with E-state index in [1.165, 1.54) is 13.2 Å². The molecule has 0 bridgehead atoms. The maximum absolute atomic E-state index is 10.5. The standard InChI is InChI=1S/C11H11NO5/c1-17-10-4-2-3-8(5-6-11(13)14)9(10)7-12(15)16/h2-6H,7H2,1H3,(H,13,14)/b6-5+. The van der Waals surface area contributed by atoms with E-state index in [1.807, 2.05) is 0 Å². The summed E-state index contributed by atoms with van der Waals surface area (Å²) >= 11 is 0. The van der Waals surface area contributed by atoms with Crippen LogP contribution in [0.2, 0.25) is 0 Å². The molecular weight excluding hydrogens is 226 g/mol. The summed E-state index contributed by atoms with van der Waals surface area (Å²) in [5, 5.41) is 19.1. The molecule has 0 aliphatic heterocycles. The summed E-state index contributed by atoms with van der Waals surface area (Å²) in [4.78, 5) is 20.5. The second-order valence-corrected chi connectivity index (χ2v) is 3.19. The molecule has 0 aliphatic rings. The smallest absolute Gasteiger partial charge is 0.328 e. The third-order valence-corrected chi connectivity index (χ3v) is 2.08. The van der Waals surface area contributed by atoms with Crippen molar-refractivity contribution in [3.05, 3.63) is 45.5 Å². The first kappa shape index (κ1) is 12.7. The van der Waals surface area contributed by atoms with Crippen LogP contribution in [-0.4, -0.2) is 23.1 Å². The van der Waals surface area contributed by atoms with Crippen LogP contribution in [0.5, 0.6) is 5.75 Å². The summed E-state index contributed by atoms with van der Waals surface area (Å²) in [6.07, 6.45) is 2.24. The SMILES string of the molecule is COc1cccc(/C=C/C(=O)O)c1C[N+](=O)[O-]. The zero-order chi connectivity index (χ0) is 12.8. The van der Waals surface area contributed by atoms with Gasteiger partial charge in [-0.15, -0.1) is 0 Å². The number of aliphatic carboxylic acids is 1. The first-order valence-corrected chi connectivity index (χ1v) is 4.73. The third-order valence-electron chi connectivity index (χ3n) is 2.08. The highest BCUT2D eigenvalue weighted by Gasteiger charge is 2.12. The maximum Gasteiger partial charge on any atom is 0.328 e. The molecule has 1 aromatic carbocycles. The molecule has 0 unspecified atom stereocenters. The predicted molar refractivity (Wildman–Crippen MR) is 60.4 cm³/mol. The molecule has 0 radical (unpaired) electrons. The normalized spacial score (nSPS) is 10.4. The predicted octanol–water partition coefficient (Wildman–Crippen LogP) is 1.57. The fourth-order valence-electron chi connectivity index (χ4n) is 1.39. The highest BCUT2D eigenvalue weighted by Crippen LogP contribution is 2.24. The van der Waals surface area contributed by atoms with Gasteiger partial charge in [0.2, 0.25) is 6.54 Å². The van der Waals surface area contributed by atoms with Crippen molar-refractivity contribution >= 4 is 12.0 Å². The van der Waals surface area contributed by atoms with Crippen LogP contribution in [0.25, 0.3) is 6.08 Å². The number of carboxylic acids is 1. The Morgan fingerprint density at radius 3 is 2.82 bits per heavy atom. The van der Waals surface area contributed by atoms with Crippen LogP contribution in [-0.2, 0) is 11.3 Å². The van der Waals surface area contributed by atoms with E-state index >= 15 is 0 Å². The van der Waals surface area contributed by atoms with E-state index in [4.69, 9.17) is 9.84 Å². The number of hydrogen-bond donors (Lipinski definition) is 1. The Hall–Kier alpha value is -2.37. The highest BCUT2D eigenvalue weighted by molar-refractivity contribution is 5.85. The number of methoxy groups -OCH3 is 1. The van der Waals surface area contributed by atoms with Crippen LogP contribution in [0.3, 0.4) is 0 Å². The monoisotopic (exact) mass is 237 g/mol. The Labute approximate surface area is 97.3 Å².